The summed E-state index contributed by atoms with van der Waals surface area (Å²) < 4.78 is 0. The van der Waals surface area contributed by atoms with Crippen LogP contribution in [0.1, 0.15) is 52.9 Å². The number of rotatable bonds is 9. The molecule has 2 unspecified atom stereocenters. The van der Waals surface area contributed by atoms with E-state index in [0.717, 1.165) is 12.8 Å². The van der Waals surface area contributed by atoms with Gasteiger partial charge in [0, 0.05) is 6.54 Å². The molecular weight excluding hydrogens is 202 g/mol. The van der Waals surface area contributed by atoms with Crippen molar-refractivity contribution in [2.45, 2.75) is 52.9 Å². The molecule has 0 aromatic rings. The average molecular weight is 229 g/mol. The molecule has 16 heavy (non-hydrogen) atoms. The number of hydrogen-bond acceptors (Lipinski definition) is 2. The van der Waals surface area contributed by atoms with Crippen LogP contribution < -0.4 is 5.73 Å². The van der Waals surface area contributed by atoms with Gasteiger partial charge in [-0.25, -0.2) is 0 Å². The molecule has 0 heterocycles. The van der Waals surface area contributed by atoms with Gasteiger partial charge >= 0.3 is 5.97 Å². The van der Waals surface area contributed by atoms with Crippen LogP contribution in [0.25, 0.3) is 0 Å². The highest BCUT2D eigenvalue weighted by Gasteiger charge is 2.22. The van der Waals surface area contributed by atoms with Crippen LogP contribution in [-0.4, -0.2) is 17.6 Å². The minimum atomic E-state index is -0.747. The van der Waals surface area contributed by atoms with E-state index in [2.05, 4.69) is 20.8 Å². The first-order chi connectivity index (χ1) is 7.52. The van der Waals surface area contributed by atoms with E-state index in [-0.39, 0.29) is 12.5 Å². The summed E-state index contributed by atoms with van der Waals surface area (Å²) in [6, 6.07) is 0. The van der Waals surface area contributed by atoms with Crippen LogP contribution in [0.4, 0.5) is 0 Å². The number of unbranched alkanes of at least 4 members (excludes halogenated alkanes) is 2. The zero-order chi connectivity index (χ0) is 12.6. The van der Waals surface area contributed by atoms with Gasteiger partial charge in [0.25, 0.3) is 0 Å². The second kappa shape index (κ2) is 8.57. The summed E-state index contributed by atoms with van der Waals surface area (Å²) in [4.78, 5) is 10.9. The third kappa shape index (κ3) is 6.11. The lowest BCUT2D eigenvalue weighted by molar-refractivity contribution is -0.142. The maximum atomic E-state index is 10.9. The molecule has 3 heteroatoms. The van der Waals surface area contributed by atoms with Gasteiger partial charge in [-0.3, -0.25) is 4.79 Å². The Balaban J connectivity index is 4.15. The lowest BCUT2D eigenvalue weighted by atomic mass is 9.83. The molecule has 0 aromatic heterocycles. The lowest BCUT2D eigenvalue weighted by Gasteiger charge is -2.23. The van der Waals surface area contributed by atoms with Crippen LogP contribution in [0.15, 0.2) is 0 Å². The molecule has 0 spiro atoms. The van der Waals surface area contributed by atoms with E-state index < -0.39 is 5.97 Å². The first-order valence-corrected chi connectivity index (χ1v) is 6.45. The molecular formula is C13H27NO2. The monoisotopic (exact) mass is 229 g/mol. The van der Waals surface area contributed by atoms with Crippen molar-refractivity contribution in [3.63, 3.8) is 0 Å². The molecule has 0 radical (unpaired) electrons. The Hall–Kier alpha value is -0.570. The molecule has 3 N–H and O–H groups in total. The minimum Gasteiger partial charge on any atom is -0.481 e. The molecule has 0 bridgehead atoms. The number of aliphatic carboxylic acids is 1. The first kappa shape index (κ1) is 15.4. The molecule has 0 amide bonds. The van der Waals surface area contributed by atoms with E-state index in [0.29, 0.717) is 11.8 Å². The molecule has 0 rings (SSSR count). The van der Waals surface area contributed by atoms with Gasteiger partial charge in [0.05, 0.1) is 5.92 Å². The maximum absolute atomic E-state index is 10.9. The fourth-order valence-corrected chi connectivity index (χ4v) is 2.04. The quantitative estimate of drug-likeness (QED) is 0.597. The van der Waals surface area contributed by atoms with Crippen molar-refractivity contribution in [1.82, 2.24) is 0 Å². The SMILES string of the molecule is CCCCCC(CC(CN)C(=O)O)C(C)C. The molecule has 0 aromatic carbocycles. The molecule has 2 atom stereocenters. The largest absolute Gasteiger partial charge is 0.481 e. The van der Waals surface area contributed by atoms with E-state index in [1.807, 2.05) is 0 Å². The van der Waals surface area contributed by atoms with Crippen LogP contribution in [0.3, 0.4) is 0 Å². The summed E-state index contributed by atoms with van der Waals surface area (Å²) in [6.07, 6.45) is 5.52. The van der Waals surface area contributed by atoms with Crippen LogP contribution in [0, 0.1) is 17.8 Å². The van der Waals surface area contributed by atoms with Gasteiger partial charge < -0.3 is 10.8 Å². The van der Waals surface area contributed by atoms with Gasteiger partial charge in [0.1, 0.15) is 0 Å². The smallest absolute Gasteiger partial charge is 0.307 e. The predicted octanol–water partition coefficient (Wildman–Crippen LogP) is 2.89. The molecule has 0 aliphatic carbocycles. The second-order valence-corrected chi connectivity index (χ2v) is 5.01. The molecule has 96 valence electrons. The standard InChI is InChI=1S/C13H27NO2/c1-4-5-6-7-11(10(2)3)8-12(9-14)13(15)16/h10-12H,4-9,14H2,1-3H3,(H,15,16). The van der Waals surface area contributed by atoms with Crippen LogP contribution in [-0.2, 0) is 4.79 Å². The Morgan fingerprint density at radius 1 is 1.31 bits per heavy atom. The molecule has 3 nitrogen and oxygen atoms in total. The van der Waals surface area contributed by atoms with Gasteiger partial charge in [-0.1, -0.05) is 46.5 Å². The fourth-order valence-electron chi connectivity index (χ4n) is 2.04. The molecule has 0 fully saturated rings. The Kier molecular flexibility index (Phi) is 8.26. The van der Waals surface area contributed by atoms with Gasteiger partial charge in [-0.05, 0) is 18.3 Å². The van der Waals surface area contributed by atoms with Gasteiger partial charge in [-0.15, -0.1) is 0 Å². The Morgan fingerprint density at radius 3 is 2.31 bits per heavy atom. The average Bonchev–Trinajstić information content (AvgIpc) is 2.22. The van der Waals surface area contributed by atoms with Gasteiger partial charge in [-0.2, -0.15) is 0 Å². The number of nitrogens with two attached hydrogens (primary N) is 1. The maximum Gasteiger partial charge on any atom is 0.307 e. The van der Waals surface area contributed by atoms with E-state index in [1.54, 1.807) is 0 Å². The summed E-state index contributed by atoms with van der Waals surface area (Å²) in [5.74, 6) is -0.0703. The van der Waals surface area contributed by atoms with Crippen LogP contribution in [0.2, 0.25) is 0 Å². The highest BCUT2D eigenvalue weighted by molar-refractivity contribution is 5.70. The van der Waals surface area contributed by atoms with Crippen molar-refractivity contribution in [3.8, 4) is 0 Å². The van der Waals surface area contributed by atoms with Crippen molar-refractivity contribution >= 4 is 5.97 Å². The summed E-state index contributed by atoms with van der Waals surface area (Å²) in [6.45, 7) is 6.79. The summed E-state index contributed by atoms with van der Waals surface area (Å²) in [7, 11) is 0. The van der Waals surface area contributed by atoms with Gasteiger partial charge in [0.2, 0.25) is 0 Å². The third-order valence-corrected chi connectivity index (χ3v) is 3.34. The van der Waals surface area contributed by atoms with Crippen molar-refractivity contribution in [3.05, 3.63) is 0 Å². The Bertz CT molecular complexity index is 192. The van der Waals surface area contributed by atoms with Crippen LogP contribution >= 0.6 is 0 Å². The molecule has 0 saturated carbocycles. The number of carboxylic acids is 1. The summed E-state index contributed by atoms with van der Waals surface area (Å²) in [5, 5.41) is 9.00. The Labute approximate surface area is 99.4 Å². The fraction of sp³-hybridized carbons (Fsp3) is 0.923. The van der Waals surface area contributed by atoms with E-state index in [1.165, 1.54) is 19.3 Å². The number of carboxylic acid groups (broad SMARTS) is 1. The molecule has 0 aliphatic heterocycles. The zero-order valence-corrected chi connectivity index (χ0v) is 10.9. The normalized spacial score (nSPS) is 15.1. The van der Waals surface area contributed by atoms with Crippen molar-refractivity contribution in [1.29, 1.82) is 0 Å². The first-order valence-electron chi connectivity index (χ1n) is 6.45. The van der Waals surface area contributed by atoms with Crippen LogP contribution in [0.5, 0.6) is 0 Å². The highest BCUT2D eigenvalue weighted by Crippen LogP contribution is 2.26. The van der Waals surface area contributed by atoms with E-state index in [4.69, 9.17) is 10.8 Å². The van der Waals surface area contributed by atoms with Gasteiger partial charge in [0.15, 0.2) is 0 Å². The second-order valence-electron chi connectivity index (χ2n) is 5.01. The third-order valence-electron chi connectivity index (χ3n) is 3.34. The Morgan fingerprint density at radius 2 is 1.94 bits per heavy atom. The van der Waals surface area contributed by atoms with E-state index in [9.17, 15) is 4.79 Å². The molecule has 0 aliphatic rings. The van der Waals surface area contributed by atoms with Crippen molar-refractivity contribution < 1.29 is 9.90 Å². The van der Waals surface area contributed by atoms with E-state index >= 15 is 0 Å². The van der Waals surface area contributed by atoms with Crippen molar-refractivity contribution in [2.24, 2.45) is 23.5 Å². The minimum absolute atomic E-state index is 0.256. The number of carbonyl (C=O) groups is 1. The predicted molar refractivity (Wildman–Crippen MR) is 67.3 cm³/mol. The molecule has 0 saturated heterocycles. The summed E-state index contributed by atoms with van der Waals surface area (Å²) >= 11 is 0. The lowest BCUT2D eigenvalue weighted by Crippen LogP contribution is -2.27. The topological polar surface area (TPSA) is 63.3 Å². The summed E-state index contributed by atoms with van der Waals surface area (Å²) in [5.41, 5.74) is 5.50. The number of hydrogen-bond donors (Lipinski definition) is 2. The highest BCUT2D eigenvalue weighted by atomic mass is 16.4. The van der Waals surface area contributed by atoms with Crippen molar-refractivity contribution in [2.75, 3.05) is 6.54 Å². The zero-order valence-electron chi connectivity index (χ0n) is 10.9.